The molecule has 5 nitrogen and oxygen atoms in total. The molecule has 4 rings (SSSR count). The molecule has 1 atom stereocenters. The van der Waals surface area contributed by atoms with Crippen molar-refractivity contribution in [3.63, 3.8) is 0 Å². The number of carbonyl (C=O) groups excluding carboxylic acids is 1. The maximum Gasteiger partial charge on any atom is 0.256 e. The number of hydrogen-bond acceptors (Lipinski definition) is 3. The van der Waals surface area contributed by atoms with Crippen molar-refractivity contribution in [1.82, 2.24) is 14.5 Å². The van der Waals surface area contributed by atoms with Crippen LogP contribution >= 0.6 is 22.6 Å². The first-order valence-corrected chi connectivity index (χ1v) is 10.6. The zero-order chi connectivity index (χ0) is 20.7. The Bertz CT molecular complexity index is 1100. The third kappa shape index (κ3) is 3.58. The van der Waals surface area contributed by atoms with Gasteiger partial charge in [0.25, 0.3) is 5.91 Å². The molecule has 0 radical (unpaired) electrons. The molecule has 0 saturated carbocycles. The summed E-state index contributed by atoms with van der Waals surface area (Å²) in [4.78, 5) is 19.3. The van der Waals surface area contributed by atoms with Gasteiger partial charge in [0.1, 0.15) is 11.3 Å². The highest BCUT2D eigenvalue weighted by atomic mass is 127. The van der Waals surface area contributed by atoms with Crippen LogP contribution in [0.25, 0.3) is 11.0 Å². The number of rotatable bonds is 4. The summed E-state index contributed by atoms with van der Waals surface area (Å²) in [6, 6.07) is 6.40. The molecule has 8 heteroatoms. The summed E-state index contributed by atoms with van der Waals surface area (Å²) < 4.78 is 32.3. The Balaban J connectivity index is 1.86. The molecule has 0 spiro atoms. The van der Waals surface area contributed by atoms with Gasteiger partial charge in [-0.25, -0.2) is 13.8 Å². The summed E-state index contributed by atoms with van der Waals surface area (Å²) in [6.07, 6.45) is 4.21. The maximum atomic E-state index is 15.4. The number of amides is 1. The van der Waals surface area contributed by atoms with Crippen LogP contribution in [0.15, 0.2) is 30.6 Å². The molecule has 0 unspecified atom stereocenters. The summed E-state index contributed by atoms with van der Waals surface area (Å²) in [5.74, 6) is -1.41. The molecule has 2 aromatic carbocycles. The van der Waals surface area contributed by atoms with Crippen molar-refractivity contribution in [3.8, 4) is 0 Å². The fraction of sp³-hybridized carbons (Fsp3) is 0.333. The Morgan fingerprint density at radius 3 is 2.86 bits per heavy atom. The minimum absolute atomic E-state index is 0.0388. The Morgan fingerprint density at radius 1 is 1.34 bits per heavy atom. The van der Waals surface area contributed by atoms with E-state index in [2.05, 4.69) is 10.3 Å². The summed E-state index contributed by atoms with van der Waals surface area (Å²) in [5, 5.41) is 2.82. The highest BCUT2D eigenvalue weighted by Gasteiger charge is 2.31. The van der Waals surface area contributed by atoms with E-state index in [1.807, 2.05) is 29.5 Å². The molecular formula is C21H21F2IN4O. The van der Waals surface area contributed by atoms with Crippen molar-refractivity contribution >= 4 is 50.9 Å². The van der Waals surface area contributed by atoms with Crippen LogP contribution in [-0.4, -0.2) is 32.9 Å². The fourth-order valence-electron chi connectivity index (χ4n) is 3.92. The van der Waals surface area contributed by atoms with Gasteiger partial charge in [-0.05, 0) is 66.1 Å². The van der Waals surface area contributed by atoms with E-state index in [0.717, 1.165) is 22.8 Å². The van der Waals surface area contributed by atoms with Crippen LogP contribution in [-0.2, 0) is 7.05 Å². The number of hydrogen-bond donors (Lipinski definition) is 1. The van der Waals surface area contributed by atoms with Crippen LogP contribution in [0.2, 0.25) is 0 Å². The summed E-state index contributed by atoms with van der Waals surface area (Å²) >= 11 is 2.01. The van der Waals surface area contributed by atoms with E-state index in [1.165, 1.54) is 18.5 Å². The largest absolute Gasteiger partial charge is 0.350 e. The normalized spacial score (nSPS) is 16.6. The standard InChI is InChI=1S/C21H21F2IN4O/c1-3-13-5-4-8-28(13)21(29)14-10-17-20(25-11-27(17)2)18(23)19(14)26-16-7-6-12(24)9-15(16)22/h6-7,9-11,13,26H,3-5,8H2,1-2H3/t13-/m0/s1. The number of anilines is 2. The third-order valence-corrected chi connectivity index (χ3v) is 6.16. The monoisotopic (exact) mass is 510 g/mol. The number of benzene rings is 2. The van der Waals surface area contributed by atoms with Crippen molar-refractivity contribution < 1.29 is 13.6 Å². The summed E-state index contributed by atoms with van der Waals surface area (Å²) in [5.41, 5.74) is 0.930. The number of aromatic nitrogens is 2. The zero-order valence-electron chi connectivity index (χ0n) is 16.2. The van der Waals surface area contributed by atoms with Gasteiger partial charge < -0.3 is 14.8 Å². The van der Waals surface area contributed by atoms with Crippen LogP contribution in [0.1, 0.15) is 36.5 Å². The molecule has 1 saturated heterocycles. The third-order valence-electron chi connectivity index (χ3n) is 5.49. The van der Waals surface area contributed by atoms with E-state index in [1.54, 1.807) is 28.6 Å². The highest BCUT2D eigenvalue weighted by molar-refractivity contribution is 14.1. The molecule has 29 heavy (non-hydrogen) atoms. The average Bonchev–Trinajstić information content (AvgIpc) is 3.32. The second kappa shape index (κ2) is 7.89. The van der Waals surface area contributed by atoms with Gasteiger partial charge in [0.05, 0.1) is 28.8 Å². The van der Waals surface area contributed by atoms with Crippen molar-refractivity contribution in [2.75, 3.05) is 11.9 Å². The van der Waals surface area contributed by atoms with E-state index in [4.69, 9.17) is 0 Å². The van der Waals surface area contributed by atoms with E-state index in [-0.39, 0.29) is 34.4 Å². The minimum atomic E-state index is -0.656. The fourth-order valence-corrected chi connectivity index (χ4v) is 4.38. The molecule has 2 heterocycles. The number of carbonyl (C=O) groups is 1. The topological polar surface area (TPSA) is 50.2 Å². The van der Waals surface area contributed by atoms with Gasteiger partial charge in [0.15, 0.2) is 5.82 Å². The Morgan fingerprint density at radius 2 is 2.14 bits per heavy atom. The van der Waals surface area contributed by atoms with E-state index in [9.17, 15) is 9.18 Å². The van der Waals surface area contributed by atoms with Gasteiger partial charge in [0.2, 0.25) is 0 Å². The molecule has 1 fully saturated rings. The molecule has 1 aromatic heterocycles. The molecule has 152 valence electrons. The van der Waals surface area contributed by atoms with Crippen molar-refractivity contribution in [2.45, 2.75) is 32.2 Å². The van der Waals surface area contributed by atoms with Crippen molar-refractivity contribution in [2.24, 2.45) is 7.05 Å². The number of nitrogens with one attached hydrogen (secondary N) is 1. The number of fused-ring (bicyclic) bond motifs is 1. The lowest BCUT2D eigenvalue weighted by Gasteiger charge is -2.25. The molecule has 1 aliphatic heterocycles. The molecular weight excluding hydrogens is 489 g/mol. The summed E-state index contributed by atoms with van der Waals surface area (Å²) in [7, 11) is 1.75. The predicted octanol–water partition coefficient (Wildman–Crippen LogP) is 5.21. The van der Waals surface area contributed by atoms with Crippen molar-refractivity contribution in [3.05, 3.63) is 51.4 Å². The summed E-state index contributed by atoms with van der Waals surface area (Å²) in [6.45, 7) is 2.68. The minimum Gasteiger partial charge on any atom is -0.350 e. The predicted molar refractivity (Wildman–Crippen MR) is 117 cm³/mol. The first-order valence-electron chi connectivity index (χ1n) is 9.57. The zero-order valence-corrected chi connectivity index (χ0v) is 18.3. The number of aryl methyl sites for hydroxylation is 1. The average molecular weight is 510 g/mol. The van der Waals surface area contributed by atoms with E-state index >= 15 is 4.39 Å². The van der Waals surface area contributed by atoms with Crippen LogP contribution in [0.5, 0.6) is 0 Å². The molecule has 0 bridgehead atoms. The van der Waals surface area contributed by atoms with Gasteiger partial charge >= 0.3 is 0 Å². The van der Waals surface area contributed by atoms with Gasteiger partial charge in [0, 0.05) is 23.2 Å². The lowest BCUT2D eigenvalue weighted by Crippen LogP contribution is -2.35. The first-order chi connectivity index (χ1) is 13.9. The quantitative estimate of drug-likeness (QED) is 0.491. The number of imidazole rings is 1. The Hall–Kier alpha value is -2.23. The molecule has 1 N–H and O–H groups in total. The van der Waals surface area contributed by atoms with Gasteiger partial charge in [-0.3, -0.25) is 4.79 Å². The number of nitrogens with zero attached hydrogens (tertiary/aromatic N) is 3. The van der Waals surface area contributed by atoms with Gasteiger partial charge in [-0.2, -0.15) is 0 Å². The SMILES string of the molecule is CC[C@H]1CCCN1C(=O)c1cc2c(ncn2C)c(F)c1Nc1ccc(I)cc1F. The smallest absolute Gasteiger partial charge is 0.256 e. The maximum absolute atomic E-state index is 15.4. The van der Waals surface area contributed by atoms with Gasteiger partial charge in [-0.15, -0.1) is 0 Å². The second-order valence-electron chi connectivity index (χ2n) is 7.29. The van der Waals surface area contributed by atoms with Crippen LogP contribution in [0, 0.1) is 15.2 Å². The number of likely N-dealkylation sites (tertiary alicyclic amines) is 1. The first kappa shape index (κ1) is 20.1. The molecule has 1 aliphatic rings. The Labute approximate surface area is 181 Å². The molecule has 3 aromatic rings. The highest BCUT2D eigenvalue weighted by Crippen LogP contribution is 2.34. The van der Waals surface area contributed by atoms with Crippen molar-refractivity contribution in [1.29, 1.82) is 0 Å². The second-order valence-corrected chi connectivity index (χ2v) is 8.53. The van der Waals surface area contributed by atoms with Crippen LogP contribution in [0.3, 0.4) is 0 Å². The van der Waals surface area contributed by atoms with Gasteiger partial charge in [-0.1, -0.05) is 6.92 Å². The lowest BCUT2D eigenvalue weighted by molar-refractivity contribution is 0.0734. The molecule has 0 aliphatic carbocycles. The van der Waals surface area contributed by atoms with Crippen LogP contribution in [0.4, 0.5) is 20.2 Å². The number of halogens is 3. The van der Waals surface area contributed by atoms with Crippen LogP contribution < -0.4 is 5.32 Å². The van der Waals surface area contributed by atoms with E-state index in [0.29, 0.717) is 12.1 Å². The Kier molecular flexibility index (Phi) is 5.46. The lowest BCUT2D eigenvalue weighted by atomic mass is 10.1. The molecule has 1 amide bonds. The van der Waals surface area contributed by atoms with E-state index < -0.39 is 11.6 Å².